The van der Waals surface area contributed by atoms with Crippen LogP contribution in [0.3, 0.4) is 0 Å². The van der Waals surface area contributed by atoms with Crippen LogP contribution >= 0.6 is 11.3 Å². The third kappa shape index (κ3) is 5.92. The number of likely N-dealkylation sites (tertiary alicyclic amines) is 1. The lowest BCUT2D eigenvalue weighted by molar-refractivity contribution is -0.126. The second-order valence-corrected chi connectivity index (χ2v) is 8.75. The summed E-state index contributed by atoms with van der Waals surface area (Å²) in [4.78, 5) is 20.4. The van der Waals surface area contributed by atoms with E-state index in [4.69, 9.17) is 9.26 Å². The van der Waals surface area contributed by atoms with E-state index in [9.17, 15) is 4.79 Å². The maximum absolute atomic E-state index is 12.6. The summed E-state index contributed by atoms with van der Waals surface area (Å²) in [7, 11) is 1.67. The summed E-state index contributed by atoms with van der Waals surface area (Å²) in [6.07, 6.45) is 3.77. The average Bonchev–Trinajstić information content (AvgIpc) is 3.49. The number of nitrogens with zero attached hydrogens (tertiary/aromatic N) is 3. The molecule has 3 aromatic rings. The first-order valence-electron chi connectivity index (χ1n) is 10.7. The quantitative estimate of drug-likeness (QED) is 0.510. The zero-order chi connectivity index (χ0) is 21.5. The minimum Gasteiger partial charge on any atom is -0.497 e. The lowest BCUT2D eigenvalue weighted by atomic mass is 9.97. The molecule has 0 radical (unpaired) electrons. The highest BCUT2D eigenvalue weighted by Gasteiger charge is 2.26. The lowest BCUT2D eigenvalue weighted by Gasteiger charge is -2.30. The number of aryl methyl sites for hydroxylation is 1. The number of carbonyl (C=O) groups is 1. The third-order valence-corrected chi connectivity index (χ3v) is 6.41. The van der Waals surface area contributed by atoms with Crippen molar-refractivity contribution >= 4 is 17.2 Å². The van der Waals surface area contributed by atoms with Gasteiger partial charge in [-0.1, -0.05) is 23.4 Å². The van der Waals surface area contributed by atoms with Crippen LogP contribution in [0.4, 0.5) is 0 Å². The van der Waals surface area contributed by atoms with Gasteiger partial charge >= 0.3 is 0 Å². The van der Waals surface area contributed by atoms with Gasteiger partial charge in [0, 0.05) is 13.1 Å². The Kier molecular flexibility index (Phi) is 7.32. The number of aromatic nitrogens is 2. The van der Waals surface area contributed by atoms with Crippen LogP contribution in [0.1, 0.15) is 30.7 Å². The molecule has 1 aromatic carbocycles. The molecule has 0 bridgehead atoms. The van der Waals surface area contributed by atoms with Gasteiger partial charge in [-0.2, -0.15) is 4.98 Å². The molecule has 7 nitrogen and oxygen atoms in total. The number of piperidine rings is 1. The van der Waals surface area contributed by atoms with Crippen molar-refractivity contribution in [1.29, 1.82) is 0 Å². The van der Waals surface area contributed by atoms with E-state index in [0.717, 1.165) is 49.4 Å². The average molecular weight is 441 g/mol. The number of hydrogen-bond donors (Lipinski definition) is 1. The van der Waals surface area contributed by atoms with Crippen LogP contribution in [0.5, 0.6) is 5.75 Å². The number of rotatable bonds is 9. The fraction of sp³-hybridized carbons (Fsp3) is 0.435. The van der Waals surface area contributed by atoms with Gasteiger partial charge in [0.05, 0.1) is 24.4 Å². The van der Waals surface area contributed by atoms with E-state index in [1.54, 1.807) is 18.4 Å². The highest BCUT2D eigenvalue weighted by molar-refractivity contribution is 7.13. The predicted octanol–water partition coefficient (Wildman–Crippen LogP) is 3.77. The number of benzene rings is 1. The zero-order valence-electron chi connectivity index (χ0n) is 17.8. The van der Waals surface area contributed by atoms with Gasteiger partial charge in [-0.3, -0.25) is 9.69 Å². The summed E-state index contributed by atoms with van der Waals surface area (Å²) in [5, 5.41) is 9.18. The summed E-state index contributed by atoms with van der Waals surface area (Å²) in [5.41, 5.74) is 1.25. The van der Waals surface area contributed by atoms with Gasteiger partial charge in [-0.25, -0.2) is 0 Å². The zero-order valence-corrected chi connectivity index (χ0v) is 18.6. The molecular weight excluding hydrogens is 412 g/mol. The molecule has 1 N–H and O–H groups in total. The molecule has 1 atom stereocenters. The molecule has 1 fully saturated rings. The summed E-state index contributed by atoms with van der Waals surface area (Å²) in [5.74, 6) is 2.25. The molecule has 2 aromatic heterocycles. The normalized spacial score (nSPS) is 16.9. The SMILES string of the molecule is COc1ccc(CCCNC(=O)C2CCCN(Cc3nc(-c4cccs4)no3)C2)cc1. The Balaban J connectivity index is 1.20. The topological polar surface area (TPSA) is 80.5 Å². The van der Waals surface area contributed by atoms with Crippen molar-refractivity contribution in [2.24, 2.45) is 5.92 Å². The first-order valence-corrected chi connectivity index (χ1v) is 11.6. The summed E-state index contributed by atoms with van der Waals surface area (Å²) < 4.78 is 10.6. The van der Waals surface area contributed by atoms with Crippen LogP contribution in [0.2, 0.25) is 0 Å². The number of carbonyl (C=O) groups excluding carboxylic acids is 1. The molecule has 0 aliphatic carbocycles. The molecule has 1 aliphatic heterocycles. The van der Waals surface area contributed by atoms with Crippen molar-refractivity contribution in [3.8, 4) is 16.5 Å². The van der Waals surface area contributed by atoms with Crippen molar-refractivity contribution in [1.82, 2.24) is 20.4 Å². The van der Waals surface area contributed by atoms with E-state index >= 15 is 0 Å². The van der Waals surface area contributed by atoms with E-state index in [1.165, 1.54) is 5.56 Å². The highest BCUT2D eigenvalue weighted by atomic mass is 32.1. The molecule has 1 amide bonds. The number of hydrogen-bond acceptors (Lipinski definition) is 7. The molecule has 31 heavy (non-hydrogen) atoms. The second-order valence-electron chi connectivity index (χ2n) is 7.81. The van der Waals surface area contributed by atoms with E-state index < -0.39 is 0 Å². The Hall–Kier alpha value is -2.71. The Morgan fingerprint density at radius 1 is 1.32 bits per heavy atom. The van der Waals surface area contributed by atoms with Crippen LogP contribution in [0, 0.1) is 5.92 Å². The fourth-order valence-corrected chi connectivity index (χ4v) is 4.52. The number of amides is 1. The Morgan fingerprint density at radius 3 is 2.97 bits per heavy atom. The van der Waals surface area contributed by atoms with Gasteiger partial charge < -0.3 is 14.6 Å². The second kappa shape index (κ2) is 10.5. The van der Waals surface area contributed by atoms with Crippen molar-refractivity contribution in [3.63, 3.8) is 0 Å². The summed E-state index contributed by atoms with van der Waals surface area (Å²) in [6, 6.07) is 12.0. The molecule has 0 spiro atoms. The summed E-state index contributed by atoms with van der Waals surface area (Å²) >= 11 is 1.59. The number of methoxy groups -OCH3 is 1. The Labute approximate surface area is 186 Å². The monoisotopic (exact) mass is 440 g/mol. The van der Waals surface area contributed by atoms with Gasteiger partial charge in [0.2, 0.25) is 17.6 Å². The van der Waals surface area contributed by atoms with Crippen LogP contribution in [0.25, 0.3) is 10.7 Å². The fourth-order valence-electron chi connectivity index (χ4n) is 3.87. The summed E-state index contributed by atoms with van der Waals surface area (Å²) in [6.45, 7) is 2.94. The van der Waals surface area contributed by atoms with Crippen molar-refractivity contribution < 1.29 is 14.1 Å². The first-order chi connectivity index (χ1) is 15.2. The van der Waals surface area contributed by atoms with E-state index in [-0.39, 0.29) is 11.8 Å². The Bertz CT molecular complexity index is 956. The number of nitrogens with one attached hydrogen (secondary N) is 1. The molecule has 3 heterocycles. The van der Waals surface area contributed by atoms with Crippen LogP contribution in [-0.2, 0) is 17.8 Å². The Morgan fingerprint density at radius 2 is 2.19 bits per heavy atom. The number of ether oxygens (including phenoxy) is 1. The van der Waals surface area contributed by atoms with E-state index in [2.05, 4.69) is 32.5 Å². The maximum atomic E-state index is 12.6. The van der Waals surface area contributed by atoms with Gasteiger partial charge in [-0.05, 0) is 61.4 Å². The van der Waals surface area contributed by atoms with Crippen molar-refractivity contribution in [2.45, 2.75) is 32.2 Å². The van der Waals surface area contributed by atoms with Gasteiger partial charge in [0.15, 0.2) is 0 Å². The smallest absolute Gasteiger partial charge is 0.241 e. The minimum atomic E-state index is 0.00873. The highest BCUT2D eigenvalue weighted by Crippen LogP contribution is 2.23. The molecule has 1 aliphatic rings. The predicted molar refractivity (Wildman–Crippen MR) is 120 cm³/mol. The van der Waals surface area contributed by atoms with Crippen LogP contribution < -0.4 is 10.1 Å². The third-order valence-electron chi connectivity index (χ3n) is 5.55. The van der Waals surface area contributed by atoms with E-state index in [0.29, 0.717) is 24.8 Å². The van der Waals surface area contributed by atoms with Gasteiger partial charge in [-0.15, -0.1) is 11.3 Å². The van der Waals surface area contributed by atoms with Crippen molar-refractivity contribution in [3.05, 3.63) is 53.2 Å². The van der Waals surface area contributed by atoms with Crippen molar-refractivity contribution in [2.75, 3.05) is 26.7 Å². The minimum absolute atomic E-state index is 0.00873. The van der Waals surface area contributed by atoms with Gasteiger partial charge in [0.25, 0.3) is 0 Å². The molecule has 8 heteroatoms. The lowest BCUT2D eigenvalue weighted by Crippen LogP contribution is -2.43. The van der Waals surface area contributed by atoms with Crippen LogP contribution in [0.15, 0.2) is 46.3 Å². The van der Waals surface area contributed by atoms with Crippen LogP contribution in [-0.4, -0.2) is 47.7 Å². The molecule has 0 saturated carbocycles. The molecule has 1 saturated heterocycles. The first kappa shape index (κ1) is 21.5. The molecule has 4 rings (SSSR count). The largest absolute Gasteiger partial charge is 0.497 e. The molecular formula is C23H28N4O3S. The molecule has 164 valence electrons. The molecule has 1 unspecified atom stereocenters. The number of thiophene rings is 1. The van der Waals surface area contributed by atoms with E-state index in [1.807, 2.05) is 29.6 Å². The maximum Gasteiger partial charge on any atom is 0.241 e. The van der Waals surface area contributed by atoms with Gasteiger partial charge in [0.1, 0.15) is 5.75 Å². The standard InChI is InChI=1S/C23H28N4O3S/c1-29-19-10-8-17(9-11-19)5-2-12-24-23(28)18-6-3-13-27(15-18)16-21-25-22(26-30-21)20-7-4-14-31-20/h4,7-11,14,18H,2-3,5-6,12-13,15-16H2,1H3,(H,24,28).